The number of hydrogen-bond donors (Lipinski definition) is 2. The fourth-order valence-corrected chi connectivity index (χ4v) is 3.80. The first-order chi connectivity index (χ1) is 14.5. The van der Waals surface area contributed by atoms with E-state index in [1.165, 1.54) is 12.1 Å². The van der Waals surface area contributed by atoms with Crippen LogP contribution >= 0.6 is 11.6 Å². The summed E-state index contributed by atoms with van der Waals surface area (Å²) in [7, 11) is -4.37. The smallest absolute Gasteiger partial charge is 0.272 e. The van der Waals surface area contributed by atoms with Crippen LogP contribution in [0.5, 0.6) is 0 Å². The molecule has 3 aromatic rings. The molecule has 31 heavy (non-hydrogen) atoms. The van der Waals surface area contributed by atoms with Crippen molar-refractivity contribution in [2.45, 2.75) is 24.8 Å². The Morgan fingerprint density at radius 2 is 1.84 bits per heavy atom. The molecule has 0 aliphatic heterocycles. The van der Waals surface area contributed by atoms with Gasteiger partial charge in [0.25, 0.3) is 27.2 Å². The highest BCUT2D eigenvalue weighted by Gasteiger charge is 2.23. The maximum absolute atomic E-state index is 12.7. The summed E-state index contributed by atoms with van der Waals surface area (Å²) in [6.45, 7) is 3.42. The van der Waals surface area contributed by atoms with Crippen molar-refractivity contribution in [3.63, 3.8) is 0 Å². The van der Waals surface area contributed by atoms with Crippen molar-refractivity contribution in [1.82, 2.24) is 20.0 Å². The number of amides is 1. The zero-order valence-corrected chi connectivity index (χ0v) is 17.8. The Morgan fingerprint density at radius 3 is 2.45 bits per heavy atom. The van der Waals surface area contributed by atoms with E-state index in [9.17, 15) is 28.1 Å². The zero-order chi connectivity index (χ0) is 22.9. The van der Waals surface area contributed by atoms with Crippen LogP contribution in [0.3, 0.4) is 0 Å². The van der Waals surface area contributed by atoms with Gasteiger partial charge in [-0.3, -0.25) is 25.1 Å². The number of hydrazine groups is 1. The first-order valence-corrected chi connectivity index (χ1v) is 10.7. The lowest BCUT2D eigenvalue weighted by molar-refractivity contribution is -0.384. The van der Waals surface area contributed by atoms with Crippen LogP contribution in [0.2, 0.25) is 5.02 Å². The van der Waals surface area contributed by atoms with E-state index in [-0.39, 0.29) is 27.5 Å². The standard InChI is InChI=1S/C18H16ClN5O6S/c1-10(2)23-18(26)13-6-4-3-5-12(13)16(21-23)17(25)20-22-31(29,30)11-7-8-14(19)15(9-11)24(27)28/h3-10,22H,1-2H3,(H,20,25). The third-order valence-corrected chi connectivity index (χ3v) is 5.82. The van der Waals surface area contributed by atoms with Gasteiger partial charge in [-0.2, -0.15) is 5.10 Å². The summed E-state index contributed by atoms with van der Waals surface area (Å²) in [5.74, 6) is -0.919. The first-order valence-electron chi connectivity index (χ1n) is 8.80. The van der Waals surface area contributed by atoms with E-state index in [1.54, 1.807) is 26.0 Å². The van der Waals surface area contributed by atoms with Gasteiger partial charge in [-0.05, 0) is 32.0 Å². The van der Waals surface area contributed by atoms with Crippen LogP contribution < -0.4 is 15.8 Å². The van der Waals surface area contributed by atoms with Gasteiger partial charge in [0.2, 0.25) is 0 Å². The van der Waals surface area contributed by atoms with Crippen LogP contribution in [0.1, 0.15) is 30.4 Å². The van der Waals surface area contributed by atoms with Gasteiger partial charge in [0.15, 0.2) is 5.69 Å². The highest BCUT2D eigenvalue weighted by molar-refractivity contribution is 7.89. The molecule has 0 saturated heterocycles. The average Bonchev–Trinajstić information content (AvgIpc) is 2.72. The molecule has 0 aliphatic rings. The van der Waals surface area contributed by atoms with Crippen LogP contribution in [0.25, 0.3) is 10.8 Å². The largest absolute Gasteiger partial charge is 0.289 e. The summed E-state index contributed by atoms with van der Waals surface area (Å²) in [5, 5.41) is 15.3. The van der Waals surface area contributed by atoms with E-state index in [2.05, 4.69) is 5.10 Å². The average molecular weight is 466 g/mol. The minimum atomic E-state index is -4.37. The first kappa shape index (κ1) is 22.3. The molecule has 0 spiro atoms. The lowest BCUT2D eigenvalue weighted by atomic mass is 10.1. The topological polar surface area (TPSA) is 153 Å². The number of benzene rings is 2. The number of carbonyl (C=O) groups is 1. The predicted molar refractivity (Wildman–Crippen MR) is 112 cm³/mol. The Hall–Kier alpha value is -3.35. The van der Waals surface area contributed by atoms with E-state index < -0.39 is 37.0 Å². The van der Waals surface area contributed by atoms with Crippen molar-refractivity contribution in [1.29, 1.82) is 0 Å². The SMILES string of the molecule is CC(C)n1nc(C(=O)NNS(=O)(=O)c2ccc(Cl)c([N+](=O)[O-])c2)c2ccccc2c1=O. The summed E-state index contributed by atoms with van der Waals surface area (Å²) < 4.78 is 26.1. The number of fused-ring (bicyclic) bond motifs is 1. The molecular formula is C18H16ClN5O6S. The minimum absolute atomic E-state index is 0.173. The quantitative estimate of drug-likeness (QED) is 0.417. The van der Waals surface area contributed by atoms with Gasteiger partial charge in [0, 0.05) is 11.5 Å². The number of nitrogens with one attached hydrogen (secondary N) is 2. The molecule has 1 amide bonds. The summed E-state index contributed by atoms with van der Waals surface area (Å²) >= 11 is 5.69. The third kappa shape index (κ3) is 4.40. The van der Waals surface area contributed by atoms with Crippen molar-refractivity contribution in [3.05, 3.63) is 73.6 Å². The van der Waals surface area contributed by atoms with Gasteiger partial charge < -0.3 is 0 Å². The molecule has 13 heteroatoms. The van der Waals surface area contributed by atoms with E-state index >= 15 is 0 Å². The fourth-order valence-electron chi connectivity index (χ4n) is 2.76. The Balaban J connectivity index is 1.95. The summed E-state index contributed by atoms with van der Waals surface area (Å²) in [6, 6.07) is 8.81. The van der Waals surface area contributed by atoms with Crippen molar-refractivity contribution >= 4 is 44.0 Å². The van der Waals surface area contributed by atoms with Crippen LogP contribution in [0.15, 0.2) is 52.2 Å². The number of carbonyl (C=O) groups excluding carboxylic acids is 1. The van der Waals surface area contributed by atoms with Gasteiger partial charge in [-0.15, -0.1) is 4.83 Å². The number of nitro benzene ring substituents is 1. The Kier molecular flexibility index (Phi) is 6.06. The third-order valence-electron chi connectivity index (χ3n) is 4.26. The molecule has 1 aromatic heterocycles. The molecule has 0 aliphatic carbocycles. The second-order valence-corrected chi connectivity index (χ2v) is 8.76. The van der Waals surface area contributed by atoms with E-state index in [1.807, 2.05) is 10.3 Å². The molecule has 0 fully saturated rings. The van der Waals surface area contributed by atoms with Gasteiger partial charge >= 0.3 is 0 Å². The van der Waals surface area contributed by atoms with E-state index in [0.29, 0.717) is 0 Å². The molecule has 3 rings (SSSR count). The number of sulfonamides is 1. The predicted octanol–water partition coefficient (Wildman–Crippen LogP) is 2.16. The van der Waals surface area contributed by atoms with Crippen molar-refractivity contribution in [2.75, 3.05) is 0 Å². The summed E-state index contributed by atoms with van der Waals surface area (Å²) in [4.78, 5) is 36.8. The summed E-state index contributed by atoms with van der Waals surface area (Å²) in [5.41, 5.74) is 0.852. The number of hydrogen-bond acceptors (Lipinski definition) is 7. The minimum Gasteiger partial charge on any atom is -0.272 e. The Labute approximate surface area is 180 Å². The number of nitrogens with zero attached hydrogens (tertiary/aromatic N) is 3. The van der Waals surface area contributed by atoms with Crippen molar-refractivity contribution < 1.29 is 18.1 Å². The van der Waals surface area contributed by atoms with E-state index in [4.69, 9.17) is 11.6 Å². The second-order valence-electron chi connectivity index (χ2n) is 6.67. The lowest BCUT2D eigenvalue weighted by Crippen LogP contribution is -2.42. The van der Waals surface area contributed by atoms with Crippen molar-refractivity contribution in [3.8, 4) is 0 Å². The Morgan fingerprint density at radius 1 is 1.19 bits per heavy atom. The molecule has 0 atom stereocenters. The molecule has 0 unspecified atom stereocenters. The molecule has 2 aromatic carbocycles. The molecule has 162 valence electrons. The highest BCUT2D eigenvalue weighted by Crippen LogP contribution is 2.26. The van der Waals surface area contributed by atoms with Crippen LogP contribution in [0.4, 0.5) is 5.69 Å². The molecule has 0 bridgehead atoms. The van der Waals surface area contributed by atoms with Crippen molar-refractivity contribution in [2.24, 2.45) is 0 Å². The van der Waals surface area contributed by atoms with E-state index in [0.717, 1.165) is 22.9 Å². The molecule has 11 nitrogen and oxygen atoms in total. The zero-order valence-electron chi connectivity index (χ0n) is 16.2. The number of nitro groups is 1. The number of halogens is 1. The molecule has 0 saturated carbocycles. The summed E-state index contributed by atoms with van der Waals surface area (Å²) in [6.07, 6.45) is 0. The normalized spacial score (nSPS) is 11.6. The highest BCUT2D eigenvalue weighted by atomic mass is 35.5. The monoisotopic (exact) mass is 465 g/mol. The van der Waals surface area contributed by atoms with Gasteiger partial charge in [0.1, 0.15) is 5.02 Å². The maximum Gasteiger partial charge on any atom is 0.289 e. The molecular weight excluding hydrogens is 450 g/mol. The number of aromatic nitrogens is 2. The fraction of sp³-hybridized carbons (Fsp3) is 0.167. The number of rotatable bonds is 6. The molecule has 0 radical (unpaired) electrons. The van der Waals surface area contributed by atoms with Gasteiger partial charge in [-0.1, -0.05) is 29.8 Å². The second kappa shape index (κ2) is 8.41. The van der Waals surface area contributed by atoms with Crippen LogP contribution in [-0.2, 0) is 10.0 Å². The van der Waals surface area contributed by atoms with Gasteiger partial charge in [-0.25, -0.2) is 13.1 Å². The maximum atomic E-state index is 12.7. The Bertz CT molecular complexity index is 1370. The molecule has 2 N–H and O–H groups in total. The van der Waals surface area contributed by atoms with Crippen LogP contribution in [-0.4, -0.2) is 29.0 Å². The molecule has 1 heterocycles. The van der Waals surface area contributed by atoms with Gasteiger partial charge in [0.05, 0.1) is 21.2 Å². The van der Waals surface area contributed by atoms with Crippen LogP contribution in [0, 0.1) is 10.1 Å². The lowest BCUT2D eigenvalue weighted by Gasteiger charge is -2.14.